The lowest BCUT2D eigenvalue weighted by Gasteiger charge is -2.24. The van der Waals surface area contributed by atoms with Gasteiger partial charge in [-0.15, -0.1) is 0 Å². The zero-order chi connectivity index (χ0) is 16.2. The van der Waals surface area contributed by atoms with Crippen LogP contribution in [0.25, 0.3) is 0 Å². The zero-order valence-electron chi connectivity index (χ0n) is 13.3. The smallest absolute Gasteiger partial charge is 0.238 e. The van der Waals surface area contributed by atoms with E-state index in [1.807, 2.05) is 60.7 Å². The monoisotopic (exact) mass is 307 g/mol. The standard InChI is InChI=1S/C20H21NO2/c1-2-3-14-17-19(22)18(15-10-6-4-7-11-15)21(20(17)23)16-12-8-5-9-13-16/h4-13,17-18H,2-3,14H2,1H3. The molecule has 0 bridgehead atoms. The van der Waals surface area contributed by atoms with Crippen LogP contribution in [0.5, 0.6) is 0 Å². The Hall–Kier alpha value is -2.42. The van der Waals surface area contributed by atoms with Gasteiger partial charge in [-0.05, 0) is 24.1 Å². The van der Waals surface area contributed by atoms with Gasteiger partial charge in [0.05, 0.1) is 5.92 Å². The van der Waals surface area contributed by atoms with Crippen LogP contribution in [0.1, 0.15) is 37.8 Å². The van der Waals surface area contributed by atoms with E-state index in [-0.39, 0.29) is 11.7 Å². The molecule has 2 unspecified atom stereocenters. The number of hydrogen-bond donors (Lipinski definition) is 0. The van der Waals surface area contributed by atoms with E-state index in [9.17, 15) is 9.59 Å². The summed E-state index contributed by atoms with van der Waals surface area (Å²) in [5.41, 5.74) is 1.67. The molecule has 2 atom stereocenters. The second kappa shape index (κ2) is 6.78. The first-order valence-electron chi connectivity index (χ1n) is 8.21. The van der Waals surface area contributed by atoms with Crippen LogP contribution >= 0.6 is 0 Å². The van der Waals surface area contributed by atoms with E-state index in [1.165, 1.54) is 0 Å². The fraction of sp³-hybridized carbons (Fsp3) is 0.300. The number of carbonyl (C=O) groups excluding carboxylic acids is 2. The predicted molar refractivity (Wildman–Crippen MR) is 91.1 cm³/mol. The van der Waals surface area contributed by atoms with Crippen molar-refractivity contribution >= 4 is 17.4 Å². The fourth-order valence-corrected chi connectivity index (χ4v) is 3.22. The van der Waals surface area contributed by atoms with Crippen molar-refractivity contribution in [1.82, 2.24) is 0 Å². The number of unbranched alkanes of at least 4 members (excludes halogenated alkanes) is 1. The maximum atomic E-state index is 12.9. The minimum Gasteiger partial charge on any atom is -0.297 e. The first-order chi connectivity index (χ1) is 11.2. The van der Waals surface area contributed by atoms with Crippen LogP contribution in [0.4, 0.5) is 5.69 Å². The van der Waals surface area contributed by atoms with E-state index >= 15 is 0 Å². The summed E-state index contributed by atoms with van der Waals surface area (Å²) in [6.45, 7) is 2.08. The first kappa shape index (κ1) is 15.5. The second-order valence-electron chi connectivity index (χ2n) is 5.95. The Balaban J connectivity index is 2.02. The second-order valence-corrected chi connectivity index (χ2v) is 5.95. The summed E-state index contributed by atoms with van der Waals surface area (Å²) in [7, 11) is 0. The molecule has 2 aromatic rings. The summed E-state index contributed by atoms with van der Waals surface area (Å²) in [6, 6.07) is 18.6. The summed E-state index contributed by atoms with van der Waals surface area (Å²) >= 11 is 0. The van der Waals surface area contributed by atoms with Crippen molar-refractivity contribution in [1.29, 1.82) is 0 Å². The number of hydrogen-bond acceptors (Lipinski definition) is 2. The van der Waals surface area contributed by atoms with Gasteiger partial charge in [-0.1, -0.05) is 68.3 Å². The minimum atomic E-state index is -0.514. The highest BCUT2D eigenvalue weighted by atomic mass is 16.2. The Labute approximate surface area is 136 Å². The maximum absolute atomic E-state index is 12.9. The number of Topliss-reactive ketones (excluding diaryl/α,β-unsaturated/α-hetero) is 1. The largest absolute Gasteiger partial charge is 0.297 e. The summed E-state index contributed by atoms with van der Waals surface area (Å²) in [5.74, 6) is -0.553. The highest BCUT2D eigenvalue weighted by Gasteiger charge is 2.47. The topological polar surface area (TPSA) is 37.4 Å². The van der Waals surface area contributed by atoms with Crippen molar-refractivity contribution in [3.05, 3.63) is 66.2 Å². The summed E-state index contributed by atoms with van der Waals surface area (Å²) in [6.07, 6.45) is 2.52. The lowest BCUT2D eigenvalue weighted by atomic mass is 9.94. The fourth-order valence-electron chi connectivity index (χ4n) is 3.22. The van der Waals surface area contributed by atoms with Crippen molar-refractivity contribution in [2.45, 2.75) is 32.2 Å². The number of rotatable bonds is 5. The molecule has 1 saturated heterocycles. The maximum Gasteiger partial charge on any atom is 0.238 e. The minimum absolute atomic E-state index is 0.0264. The molecule has 1 heterocycles. The quantitative estimate of drug-likeness (QED) is 0.778. The van der Waals surface area contributed by atoms with E-state index in [4.69, 9.17) is 0 Å². The van der Waals surface area contributed by atoms with Crippen molar-refractivity contribution < 1.29 is 9.59 Å². The Morgan fingerprint density at radius 2 is 1.52 bits per heavy atom. The van der Waals surface area contributed by atoms with Crippen LogP contribution in [0.3, 0.4) is 0 Å². The summed E-state index contributed by atoms with van der Waals surface area (Å²) in [5, 5.41) is 0. The molecule has 3 rings (SSSR count). The van der Waals surface area contributed by atoms with Crippen LogP contribution < -0.4 is 4.90 Å². The molecular formula is C20H21NO2. The lowest BCUT2D eigenvalue weighted by Crippen LogP contribution is -2.29. The highest BCUT2D eigenvalue weighted by Crippen LogP contribution is 2.38. The molecule has 0 saturated carbocycles. The molecule has 118 valence electrons. The summed E-state index contributed by atoms with van der Waals surface area (Å²) < 4.78 is 0. The number of nitrogens with zero attached hydrogens (tertiary/aromatic N) is 1. The average Bonchev–Trinajstić information content (AvgIpc) is 2.85. The molecule has 0 radical (unpaired) electrons. The molecule has 0 aromatic heterocycles. The van der Waals surface area contributed by atoms with Gasteiger partial charge < -0.3 is 0 Å². The molecule has 0 aliphatic carbocycles. The van der Waals surface area contributed by atoms with Gasteiger partial charge in [0.15, 0.2) is 5.78 Å². The lowest BCUT2D eigenvalue weighted by molar-refractivity contribution is -0.127. The van der Waals surface area contributed by atoms with Gasteiger partial charge in [0.1, 0.15) is 6.04 Å². The average molecular weight is 307 g/mol. The Bertz CT molecular complexity index is 624. The van der Waals surface area contributed by atoms with Crippen LogP contribution in [-0.4, -0.2) is 11.7 Å². The molecule has 0 spiro atoms. The van der Waals surface area contributed by atoms with Gasteiger partial charge in [0.2, 0.25) is 5.91 Å². The van der Waals surface area contributed by atoms with E-state index in [2.05, 4.69) is 6.92 Å². The van der Waals surface area contributed by atoms with Crippen molar-refractivity contribution in [3.8, 4) is 0 Å². The number of para-hydroxylation sites is 1. The third kappa shape index (κ3) is 2.91. The van der Waals surface area contributed by atoms with Crippen molar-refractivity contribution in [3.63, 3.8) is 0 Å². The zero-order valence-corrected chi connectivity index (χ0v) is 13.3. The number of benzene rings is 2. The molecule has 1 fully saturated rings. The van der Waals surface area contributed by atoms with Gasteiger partial charge in [-0.2, -0.15) is 0 Å². The first-order valence-corrected chi connectivity index (χ1v) is 8.21. The third-order valence-electron chi connectivity index (χ3n) is 4.40. The van der Waals surface area contributed by atoms with Gasteiger partial charge in [0, 0.05) is 5.69 Å². The molecule has 2 aromatic carbocycles. The normalized spacial score (nSPS) is 21.0. The third-order valence-corrected chi connectivity index (χ3v) is 4.40. The van der Waals surface area contributed by atoms with E-state index in [0.29, 0.717) is 6.42 Å². The Kier molecular flexibility index (Phi) is 4.56. The van der Waals surface area contributed by atoms with Gasteiger partial charge in [-0.25, -0.2) is 0 Å². The molecule has 23 heavy (non-hydrogen) atoms. The molecular weight excluding hydrogens is 286 g/mol. The molecule has 1 aliphatic heterocycles. The number of amides is 1. The Morgan fingerprint density at radius 3 is 2.13 bits per heavy atom. The number of carbonyl (C=O) groups is 2. The van der Waals surface area contributed by atoms with E-state index in [1.54, 1.807) is 4.90 Å². The summed E-state index contributed by atoms with van der Waals surface area (Å²) in [4.78, 5) is 27.5. The van der Waals surface area contributed by atoms with E-state index < -0.39 is 12.0 Å². The van der Waals surface area contributed by atoms with Crippen LogP contribution in [0.2, 0.25) is 0 Å². The van der Waals surface area contributed by atoms with Crippen LogP contribution in [-0.2, 0) is 9.59 Å². The van der Waals surface area contributed by atoms with Crippen molar-refractivity contribution in [2.24, 2.45) is 5.92 Å². The van der Waals surface area contributed by atoms with Crippen LogP contribution in [0.15, 0.2) is 60.7 Å². The predicted octanol–water partition coefficient (Wildman–Crippen LogP) is 4.15. The molecule has 3 heteroatoms. The highest BCUT2D eigenvalue weighted by molar-refractivity contribution is 6.19. The van der Waals surface area contributed by atoms with Gasteiger partial charge in [-0.3, -0.25) is 14.5 Å². The van der Waals surface area contributed by atoms with E-state index in [0.717, 1.165) is 24.1 Å². The van der Waals surface area contributed by atoms with Crippen LogP contribution in [0, 0.1) is 5.92 Å². The number of ketones is 1. The van der Waals surface area contributed by atoms with Gasteiger partial charge in [0.25, 0.3) is 0 Å². The Morgan fingerprint density at radius 1 is 0.913 bits per heavy atom. The molecule has 3 nitrogen and oxygen atoms in total. The van der Waals surface area contributed by atoms with Crippen molar-refractivity contribution in [2.75, 3.05) is 4.90 Å². The molecule has 1 amide bonds. The SMILES string of the molecule is CCCCC1C(=O)C(c2ccccc2)N(c2ccccc2)C1=O. The molecule has 1 aliphatic rings. The van der Waals surface area contributed by atoms with Gasteiger partial charge >= 0.3 is 0 Å². The molecule has 0 N–H and O–H groups in total. The number of anilines is 1.